The molecular formula is C15H15BrN2O2S. The first kappa shape index (κ1) is 14.6. The van der Waals surface area contributed by atoms with Gasteiger partial charge in [0, 0.05) is 4.88 Å². The molecule has 1 aliphatic heterocycles. The van der Waals surface area contributed by atoms with Crippen molar-refractivity contribution in [2.24, 2.45) is 0 Å². The first-order valence-electron chi connectivity index (χ1n) is 6.72. The van der Waals surface area contributed by atoms with Gasteiger partial charge in [0.15, 0.2) is 6.61 Å². The summed E-state index contributed by atoms with van der Waals surface area (Å²) < 4.78 is 6.51. The van der Waals surface area contributed by atoms with Crippen LogP contribution in [0.4, 0.5) is 5.69 Å². The highest BCUT2D eigenvalue weighted by Gasteiger charge is 2.20. The van der Waals surface area contributed by atoms with Crippen LogP contribution in [0.15, 0.2) is 34.1 Å². The second kappa shape index (κ2) is 6.17. The van der Waals surface area contributed by atoms with Crippen LogP contribution in [0.5, 0.6) is 5.75 Å². The molecule has 1 atom stereocenters. The van der Waals surface area contributed by atoms with Gasteiger partial charge in [-0.1, -0.05) is 13.0 Å². The summed E-state index contributed by atoms with van der Waals surface area (Å²) in [6.45, 7) is 3.03. The van der Waals surface area contributed by atoms with Crippen LogP contribution < -0.4 is 15.4 Å². The summed E-state index contributed by atoms with van der Waals surface area (Å²) in [7, 11) is 0. The van der Waals surface area contributed by atoms with E-state index in [1.54, 1.807) is 11.3 Å². The molecule has 2 N–H and O–H groups in total. The monoisotopic (exact) mass is 366 g/mol. The molecule has 0 saturated carbocycles. The Morgan fingerprint density at radius 3 is 3.00 bits per heavy atom. The zero-order valence-corrected chi connectivity index (χ0v) is 13.9. The topological polar surface area (TPSA) is 50.4 Å². The minimum absolute atomic E-state index is 0.0842. The molecule has 2 aromatic rings. The molecule has 6 heteroatoms. The molecule has 0 bridgehead atoms. The molecule has 0 fully saturated rings. The standard InChI is InChI=1S/C15H15BrN2O2S/c1-2-17-15(12-5-6-13(16)21-12)9-3-4-11-10(7-9)18-14(19)8-20-11/h3-7,15,17H,2,8H2,1H3,(H,18,19). The van der Waals surface area contributed by atoms with E-state index >= 15 is 0 Å². The molecule has 0 aliphatic carbocycles. The quantitative estimate of drug-likeness (QED) is 0.869. The fraction of sp³-hybridized carbons (Fsp3) is 0.267. The Morgan fingerprint density at radius 2 is 2.29 bits per heavy atom. The van der Waals surface area contributed by atoms with Gasteiger partial charge < -0.3 is 15.4 Å². The molecule has 1 unspecified atom stereocenters. The number of fused-ring (bicyclic) bond motifs is 1. The van der Waals surface area contributed by atoms with E-state index < -0.39 is 0 Å². The van der Waals surface area contributed by atoms with E-state index in [-0.39, 0.29) is 18.6 Å². The molecule has 3 rings (SSSR count). The predicted molar refractivity (Wildman–Crippen MR) is 88.1 cm³/mol. The summed E-state index contributed by atoms with van der Waals surface area (Å²) in [5.41, 5.74) is 1.85. The summed E-state index contributed by atoms with van der Waals surface area (Å²) in [6, 6.07) is 10.2. The van der Waals surface area contributed by atoms with Crippen LogP contribution in [0.3, 0.4) is 0 Å². The molecule has 110 valence electrons. The smallest absolute Gasteiger partial charge is 0.262 e. The summed E-state index contributed by atoms with van der Waals surface area (Å²) in [6.07, 6.45) is 0. The van der Waals surface area contributed by atoms with Crippen LogP contribution in [0.1, 0.15) is 23.4 Å². The maximum absolute atomic E-state index is 11.5. The van der Waals surface area contributed by atoms with Gasteiger partial charge in [0.25, 0.3) is 5.91 Å². The number of halogens is 1. The zero-order chi connectivity index (χ0) is 14.8. The first-order chi connectivity index (χ1) is 10.2. The number of amides is 1. The van der Waals surface area contributed by atoms with Gasteiger partial charge in [-0.15, -0.1) is 11.3 Å². The van der Waals surface area contributed by atoms with Crippen LogP contribution >= 0.6 is 27.3 Å². The fourth-order valence-electron chi connectivity index (χ4n) is 2.35. The van der Waals surface area contributed by atoms with E-state index in [9.17, 15) is 4.79 Å². The number of hydrogen-bond donors (Lipinski definition) is 2. The van der Waals surface area contributed by atoms with Gasteiger partial charge in [-0.25, -0.2) is 0 Å². The number of nitrogens with one attached hydrogen (secondary N) is 2. The van der Waals surface area contributed by atoms with Gasteiger partial charge in [-0.05, 0) is 52.3 Å². The maximum Gasteiger partial charge on any atom is 0.262 e. The van der Waals surface area contributed by atoms with E-state index in [4.69, 9.17) is 4.74 Å². The third-order valence-corrected chi connectivity index (χ3v) is 4.95. The minimum Gasteiger partial charge on any atom is -0.482 e. The van der Waals surface area contributed by atoms with Crippen LogP contribution in [0.2, 0.25) is 0 Å². The second-order valence-corrected chi connectivity index (χ2v) is 7.22. The lowest BCUT2D eigenvalue weighted by Gasteiger charge is -2.22. The van der Waals surface area contributed by atoms with Gasteiger partial charge in [0.2, 0.25) is 0 Å². The van der Waals surface area contributed by atoms with Gasteiger partial charge >= 0.3 is 0 Å². The lowest BCUT2D eigenvalue weighted by Crippen LogP contribution is -2.26. The van der Waals surface area contributed by atoms with Crippen molar-refractivity contribution >= 4 is 38.9 Å². The third kappa shape index (κ3) is 3.12. The van der Waals surface area contributed by atoms with Crippen molar-refractivity contribution in [3.8, 4) is 5.75 Å². The SMILES string of the molecule is CCNC(c1ccc2c(c1)NC(=O)CO2)c1ccc(Br)s1. The number of carbonyl (C=O) groups excluding carboxylic acids is 1. The largest absolute Gasteiger partial charge is 0.482 e. The van der Waals surface area contributed by atoms with Crippen molar-refractivity contribution in [3.05, 3.63) is 44.6 Å². The van der Waals surface area contributed by atoms with Crippen LogP contribution in [0, 0.1) is 0 Å². The molecule has 21 heavy (non-hydrogen) atoms. The molecule has 0 radical (unpaired) electrons. The zero-order valence-electron chi connectivity index (χ0n) is 11.5. The Kier molecular flexibility index (Phi) is 4.28. The first-order valence-corrected chi connectivity index (χ1v) is 8.33. The highest BCUT2D eigenvalue weighted by atomic mass is 79.9. The molecule has 0 spiro atoms. The van der Waals surface area contributed by atoms with Crippen LogP contribution in [-0.4, -0.2) is 19.1 Å². The van der Waals surface area contributed by atoms with E-state index in [1.807, 2.05) is 24.3 Å². The molecule has 1 aliphatic rings. The van der Waals surface area contributed by atoms with Crippen LogP contribution in [-0.2, 0) is 4.79 Å². The number of thiophene rings is 1. The van der Waals surface area contributed by atoms with Crippen molar-refractivity contribution in [2.45, 2.75) is 13.0 Å². The molecule has 1 aromatic carbocycles. The van der Waals surface area contributed by atoms with Crippen molar-refractivity contribution < 1.29 is 9.53 Å². The Hall–Kier alpha value is -1.37. The van der Waals surface area contributed by atoms with E-state index in [1.165, 1.54) is 4.88 Å². The number of ether oxygens (including phenoxy) is 1. The molecule has 0 saturated heterocycles. The maximum atomic E-state index is 11.5. The summed E-state index contributed by atoms with van der Waals surface area (Å²) in [5.74, 6) is 0.611. The number of benzene rings is 1. The number of hydrogen-bond acceptors (Lipinski definition) is 4. The predicted octanol–water partition coefficient (Wildman–Crippen LogP) is 3.54. The third-order valence-electron chi connectivity index (χ3n) is 3.26. The van der Waals surface area contributed by atoms with E-state index in [0.29, 0.717) is 0 Å². The van der Waals surface area contributed by atoms with Gasteiger partial charge in [0.05, 0.1) is 15.5 Å². The van der Waals surface area contributed by atoms with Crippen molar-refractivity contribution in [1.29, 1.82) is 0 Å². The average Bonchev–Trinajstić information content (AvgIpc) is 2.90. The van der Waals surface area contributed by atoms with Gasteiger partial charge in [-0.3, -0.25) is 4.79 Å². The fourth-order valence-corrected chi connectivity index (χ4v) is 3.88. The molecule has 1 amide bonds. The lowest BCUT2D eigenvalue weighted by molar-refractivity contribution is -0.118. The Balaban J connectivity index is 1.96. The molecule has 1 aromatic heterocycles. The molecular weight excluding hydrogens is 352 g/mol. The molecule has 4 nitrogen and oxygen atoms in total. The van der Waals surface area contributed by atoms with Crippen LogP contribution in [0.25, 0.3) is 0 Å². The second-order valence-electron chi connectivity index (χ2n) is 4.73. The Morgan fingerprint density at radius 1 is 1.43 bits per heavy atom. The normalized spacial score (nSPS) is 15.0. The van der Waals surface area contributed by atoms with E-state index in [0.717, 1.165) is 27.3 Å². The average molecular weight is 367 g/mol. The van der Waals surface area contributed by atoms with Crippen molar-refractivity contribution in [2.75, 3.05) is 18.5 Å². The Labute approximate surface area is 135 Å². The number of carbonyl (C=O) groups is 1. The minimum atomic E-state index is -0.112. The highest BCUT2D eigenvalue weighted by molar-refractivity contribution is 9.11. The van der Waals surface area contributed by atoms with E-state index in [2.05, 4.69) is 39.6 Å². The number of anilines is 1. The van der Waals surface area contributed by atoms with Crippen molar-refractivity contribution in [3.63, 3.8) is 0 Å². The summed E-state index contributed by atoms with van der Waals surface area (Å²) in [5, 5.41) is 6.34. The number of rotatable bonds is 4. The highest BCUT2D eigenvalue weighted by Crippen LogP contribution is 2.35. The van der Waals surface area contributed by atoms with Gasteiger partial charge in [0.1, 0.15) is 5.75 Å². The van der Waals surface area contributed by atoms with Crippen molar-refractivity contribution in [1.82, 2.24) is 5.32 Å². The Bertz CT molecular complexity index is 671. The molecule has 2 heterocycles. The summed E-state index contributed by atoms with van der Waals surface area (Å²) in [4.78, 5) is 12.7. The van der Waals surface area contributed by atoms with Gasteiger partial charge in [-0.2, -0.15) is 0 Å². The lowest BCUT2D eigenvalue weighted by atomic mass is 10.0. The summed E-state index contributed by atoms with van der Waals surface area (Å²) >= 11 is 5.21.